The van der Waals surface area contributed by atoms with Crippen molar-refractivity contribution in [3.8, 4) is 11.6 Å². The minimum atomic E-state index is -0.807. The van der Waals surface area contributed by atoms with Gasteiger partial charge in [0.15, 0.2) is 5.02 Å². The molecule has 1 aliphatic heterocycles. The maximum absolute atomic E-state index is 13.8. The Morgan fingerprint density at radius 2 is 1.86 bits per heavy atom. The highest BCUT2D eigenvalue weighted by atomic mass is 35.5. The summed E-state index contributed by atoms with van der Waals surface area (Å²) in [5, 5.41) is -0.365. The van der Waals surface area contributed by atoms with Gasteiger partial charge < -0.3 is 14.4 Å². The van der Waals surface area contributed by atoms with Gasteiger partial charge in [0.05, 0.1) is 18.9 Å². The van der Waals surface area contributed by atoms with Crippen LogP contribution < -0.4 is 10.3 Å². The molecule has 0 saturated carbocycles. The van der Waals surface area contributed by atoms with E-state index in [2.05, 4.69) is 4.98 Å². The van der Waals surface area contributed by atoms with Crippen molar-refractivity contribution in [3.63, 3.8) is 0 Å². The highest BCUT2D eigenvalue weighted by Crippen LogP contribution is 2.22. The highest BCUT2D eigenvalue weighted by molar-refractivity contribution is 6.42. The molecule has 8 nitrogen and oxygen atoms in total. The Hall–Kier alpha value is -3.63. The van der Waals surface area contributed by atoms with Crippen molar-refractivity contribution in [1.29, 1.82) is 0 Å². The van der Waals surface area contributed by atoms with Crippen LogP contribution >= 0.6 is 11.6 Å². The van der Waals surface area contributed by atoms with E-state index in [0.717, 1.165) is 17.0 Å². The Morgan fingerprint density at radius 3 is 2.56 bits per heavy atom. The van der Waals surface area contributed by atoms with Crippen LogP contribution in [0.4, 0.5) is 8.78 Å². The number of hydrogen-bond donors (Lipinski definition) is 0. The van der Waals surface area contributed by atoms with Crippen molar-refractivity contribution in [1.82, 2.24) is 14.5 Å². The Bertz CT molecular complexity index is 1360. The summed E-state index contributed by atoms with van der Waals surface area (Å²) < 4.78 is 38.6. The number of nitrogens with zero attached hydrogens (tertiary/aromatic N) is 3. The third-order valence-electron chi connectivity index (χ3n) is 5.49. The van der Waals surface area contributed by atoms with Gasteiger partial charge in [0.1, 0.15) is 24.6 Å². The van der Waals surface area contributed by atoms with E-state index in [0.29, 0.717) is 43.6 Å². The molecule has 1 amide bonds. The van der Waals surface area contributed by atoms with Crippen LogP contribution in [0.5, 0.6) is 5.88 Å². The van der Waals surface area contributed by atoms with Crippen LogP contribution in [-0.4, -0.2) is 52.4 Å². The second kappa shape index (κ2) is 11.4. The highest BCUT2D eigenvalue weighted by Gasteiger charge is 2.25. The quantitative estimate of drug-likeness (QED) is 0.364. The number of benzene rings is 2. The lowest BCUT2D eigenvalue weighted by Gasteiger charge is -2.26. The van der Waals surface area contributed by atoms with Crippen molar-refractivity contribution in [2.24, 2.45) is 0 Å². The first kappa shape index (κ1) is 27.0. The van der Waals surface area contributed by atoms with Crippen LogP contribution in [0.1, 0.15) is 28.9 Å². The van der Waals surface area contributed by atoms with Gasteiger partial charge in [-0.2, -0.15) is 0 Å². The first-order valence-electron chi connectivity index (χ1n) is 10.6. The fourth-order valence-electron chi connectivity index (χ4n) is 3.52. The van der Waals surface area contributed by atoms with E-state index in [-0.39, 0.29) is 36.1 Å². The molecule has 0 radical (unpaired) electrons. The van der Waals surface area contributed by atoms with Crippen LogP contribution in [-0.2, 0) is 16.1 Å². The first-order chi connectivity index (χ1) is 16.8. The molecule has 3 aromatic rings. The number of halogens is 3. The molecule has 1 aromatic heterocycles. The fraction of sp³-hybridized carbons (Fsp3) is 0.280. The summed E-state index contributed by atoms with van der Waals surface area (Å²) in [6.45, 7) is 2.77. The summed E-state index contributed by atoms with van der Waals surface area (Å²) in [6, 6.07) is 7.54. The molecule has 1 fully saturated rings. The van der Waals surface area contributed by atoms with E-state index in [4.69, 9.17) is 21.1 Å². The van der Waals surface area contributed by atoms with Gasteiger partial charge in [-0.25, -0.2) is 13.8 Å². The molecule has 2 heterocycles. The zero-order chi connectivity index (χ0) is 25.1. The second-order valence-electron chi connectivity index (χ2n) is 7.80. The lowest BCUT2D eigenvalue weighted by Crippen LogP contribution is -2.44. The van der Waals surface area contributed by atoms with E-state index in [1.807, 2.05) is 0 Å². The van der Waals surface area contributed by atoms with E-state index in [1.54, 1.807) is 13.0 Å². The molecule has 2 aromatic carbocycles. The lowest BCUT2D eigenvalue weighted by atomic mass is 10.1. The average molecular weight is 520 g/mol. The van der Waals surface area contributed by atoms with Gasteiger partial charge in [-0.3, -0.25) is 19.0 Å². The fourth-order valence-corrected chi connectivity index (χ4v) is 3.71. The third-order valence-corrected chi connectivity index (χ3v) is 5.81. The van der Waals surface area contributed by atoms with Crippen LogP contribution in [0, 0.1) is 18.6 Å². The molecule has 0 aliphatic carbocycles. The summed E-state index contributed by atoms with van der Waals surface area (Å²) in [7, 11) is 0. The molecule has 11 heteroatoms. The van der Waals surface area contributed by atoms with Gasteiger partial charge in [-0.05, 0) is 30.7 Å². The predicted octanol–water partition coefficient (Wildman–Crippen LogP) is 3.73. The summed E-state index contributed by atoms with van der Waals surface area (Å²) in [5.41, 5.74) is 0.407. The Morgan fingerprint density at radius 1 is 1.14 bits per heavy atom. The van der Waals surface area contributed by atoms with Crippen molar-refractivity contribution >= 4 is 23.3 Å². The maximum Gasteiger partial charge on any atom is 0.295 e. The van der Waals surface area contributed by atoms with E-state index in [1.165, 1.54) is 23.1 Å². The smallest absolute Gasteiger partial charge is 0.295 e. The van der Waals surface area contributed by atoms with Crippen LogP contribution in [0.15, 0.2) is 47.5 Å². The van der Waals surface area contributed by atoms with Gasteiger partial charge in [0, 0.05) is 30.3 Å². The number of morpholine rings is 1. The number of ketones is 1. The van der Waals surface area contributed by atoms with E-state index < -0.39 is 28.9 Å². The molecule has 1 saturated heterocycles. The molecule has 36 heavy (non-hydrogen) atoms. The molecule has 0 atom stereocenters. The molecule has 190 valence electrons. The molecular formula is C25H24ClF2N3O5. The standard InChI is InChI=1S/C24H20ClF2N3O5.CH4/c1-14-2-3-15(21(31)24(33)29-6-8-34-9-7-29)10-19(14)30-13-28-22(20(25)23(30)32)35-12-16-4-5-17(26)11-18(16)27;/h2-5,10-11,13H,6-9,12H2,1H3;1H4. The van der Waals surface area contributed by atoms with Crippen LogP contribution in [0.25, 0.3) is 5.69 Å². The lowest BCUT2D eigenvalue weighted by molar-refractivity contribution is -0.130. The van der Waals surface area contributed by atoms with Gasteiger partial charge in [0.2, 0.25) is 11.7 Å². The Labute approximate surface area is 211 Å². The number of carbonyl (C=O) groups excluding carboxylic acids is 2. The third kappa shape index (κ3) is 5.60. The van der Waals surface area contributed by atoms with Crippen LogP contribution in [0.2, 0.25) is 5.02 Å². The first-order valence-corrected chi connectivity index (χ1v) is 11.0. The van der Waals surface area contributed by atoms with Crippen molar-refractivity contribution in [2.75, 3.05) is 26.3 Å². The van der Waals surface area contributed by atoms with Gasteiger partial charge in [0.25, 0.3) is 11.5 Å². The monoisotopic (exact) mass is 519 g/mol. The topological polar surface area (TPSA) is 90.7 Å². The van der Waals surface area contributed by atoms with Crippen molar-refractivity contribution < 1.29 is 27.8 Å². The summed E-state index contributed by atoms with van der Waals surface area (Å²) >= 11 is 6.17. The summed E-state index contributed by atoms with van der Waals surface area (Å²) in [5.74, 6) is -3.13. The average Bonchev–Trinajstić information content (AvgIpc) is 2.86. The summed E-state index contributed by atoms with van der Waals surface area (Å²) in [4.78, 5) is 43.8. The zero-order valence-electron chi connectivity index (χ0n) is 18.6. The maximum atomic E-state index is 13.8. The number of Topliss-reactive ketones (excluding diaryl/α,β-unsaturated/α-hetero) is 1. The van der Waals surface area contributed by atoms with Crippen molar-refractivity contribution in [3.05, 3.63) is 86.4 Å². The molecule has 0 N–H and O–H groups in total. The van der Waals surface area contributed by atoms with E-state index in [9.17, 15) is 23.2 Å². The molecule has 1 aliphatic rings. The second-order valence-corrected chi connectivity index (χ2v) is 8.18. The SMILES string of the molecule is C.Cc1ccc(C(=O)C(=O)N2CCOCC2)cc1-n1cnc(OCc2ccc(F)cc2F)c(Cl)c1=O. The molecule has 0 spiro atoms. The number of ether oxygens (including phenoxy) is 2. The predicted molar refractivity (Wildman–Crippen MR) is 129 cm³/mol. The Balaban J connectivity index is 0.00000361. The number of rotatable bonds is 6. The van der Waals surface area contributed by atoms with Crippen LogP contribution in [0.3, 0.4) is 0 Å². The Kier molecular flexibility index (Phi) is 8.54. The molecule has 0 unspecified atom stereocenters. The zero-order valence-corrected chi connectivity index (χ0v) is 19.3. The summed E-state index contributed by atoms with van der Waals surface area (Å²) in [6.07, 6.45) is 1.16. The molecule has 4 rings (SSSR count). The number of carbonyl (C=O) groups is 2. The number of aromatic nitrogens is 2. The normalized spacial score (nSPS) is 13.2. The largest absolute Gasteiger partial charge is 0.471 e. The molecular weight excluding hydrogens is 496 g/mol. The minimum Gasteiger partial charge on any atom is -0.471 e. The van der Waals surface area contributed by atoms with Gasteiger partial charge >= 0.3 is 0 Å². The number of aryl methyl sites for hydroxylation is 1. The molecule has 0 bridgehead atoms. The van der Waals surface area contributed by atoms with Gasteiger partial charge in [-0.15, -0.1) is 0 Å². The van der Waals surface area contributed by atoms with E-state index >= 15 is 0 Å². The van der Waals surface area contributed by atoms with Gasteiger partial charge in [-0.1, -0.05) is 31.2 Å². The minimum absolute atomic E-state index is 0. The number of hydrogen-bond acceptors (Lipinski definition) is 6. The van der Waals surface area contributed by atoms with Crippen molar-refractivity contribution in [2.45, 2.75) is 21.0 Å². The number of amides is 1.